The van der Waals surface area contributed by atoms with Crippen LogP contribution in [-0.4, -0.2) is 29.8 Å². The van der Waals surface area contributed by atoms with Crippen molar-refractivity contribution >= 4 is 11.8 Å². The molecule has 14 heavy (non-hydrogen) atoms. The van der Waals surface area contributed by atoms with Gasteiger partial charge in [-0.2, -0.15) is 0 Å². The van der Waals surface area contributed by atoms with Gasteiger partial charge in [-0.1, -0.05) is 6.92 Å². The predicted octanol–water partition coefficient (Wildman–Crippen LogP) is -0.375. The molecule has 0 spiro atoms. The Kier molecular flexibility index (Phi) is 3.88. The minimum absolute atomic E-state index is 0.111. The molecule has 0 bridgehead atoms. The molecule has 1 aliphatic heterocycles. The van der Waals surface area contributed by atoms with E-state index < -0.39 is 0 Å². The summed E-state index contributed by atoms with van der Waals surface area (Å²) in [6.07, 6.45) is 2.19. The van der Waals surface area contributed by atoms with Crippen molar-refractivity contribution in [3.05, 3.63) is 0 Å². The van der Waals surface area contributed by atoms with Crippen LogP contribution < -0.4 is 11.3 Å². The fourth-order valence-corrected chi connectivity index (χ4v) is 1.76. The summed E-state index contributed by atoms with van der Waals surface area (Å²) in [7, 11) is 0. The Labute approximate surface area is 83.6 Å². The van der Waals surface area contributed by atoms with Gasteiger partial charge in [0.2, 0.25) is 11.8 Å². The lowest BCUT2D eigenvalue weighted by Gasteiger charge is -2.31. The first-order chi connectivity index (χ1) is 6.69. The van der Waals surface area contributed by atoms with Crippen molar-refractivity contribution in [3.8, 4) is 0 Å². The lowest BCUT2D eigenvalue weighted by molar-refractivity contribution is -0.135. The third-order valence-corrected chi connectivity index (χ3v) is 2.59. The highest BCUT2D eigenvalue weighted by molar-refractivity contribution is 5.80. The molecule has 0 aromatic rings. The minimum atomic E-state index is -0.168. The Balaban J connectivity index is 2.51. The second-order valence-corrected chi connectivity index (χ2v) is 3.54. The van der Waals surface area contributed by atoms with Crippen LogP contribution in [-0.2, 0) is 9.59 Å². The predicted molar refractivity (Wildman–Crippen MR) is 51.9 cm³/mol. The lowest BCUT2D eigenvalue weighted by atomic mass is 9.97. The number of nitrogens with one attached hydrogen (secondary N) is 1. The van der Waals surface area contributed by atoms with E-state index in [2.05, 4.69) is 5.43 Å². The van der Waals surface area contributed by atoms with Crippen LogP contribution in [0.15, 0.2) is 0 Å². The Bertz CT molecular complexity index is 208. The van der Waals surface area contributed by atoms with Crippen LogP contribution in [0.3, 0.4) is 0 Å². The number of amides is 2. The van der Waals surface area contributed by atoms with Crippen molar-refractivity contribution in [1.29, 1.82) is 0 Å². The highest BCUT2D eigenvalue weighted by Gasteiger charge is 2.26. The summed E-state index contributed by atoms with van der Waals surface area (Å²) >= 11 is 0. The molecule has 1 heterocycles. The van der Waals surface area contributed by atoms with Crippen molar-refractivity contribution in [2.75, 3.05) is 13.1 Å². The van der Waals surface area contributed by atoms with E-state index in [1.807, 2.05) is 6.92 Å². The van der Waals surface area contributed by atoms with Gasteiger partial charge < -0.3 is 4.90 Å². The third-order valence-electron chi connectivity index (χ3n) is 2.59. The molecule has 0 aromatic heterocycles. The van der Waals surface area contributed by atoms with Crippen LogP contribution >= 0.6 is 0 Å². The number of piperidine rings is 1. The SMILES string of the molecule is CCC(=O)N1CCCC(C(=O)NN)C1. The molecular formula is C9H17N3O2. The summed E-state index contributed by atoms with van der Waals surface area (Å²) in [6, 6.07) is 0. The highest BCUT2D eigenvalue weighted by atomic mass is 16.2. The third kappa shape index (κ3) is 2.45. The number of carbonyl (C=O) groups is 2. The van der Waals surface area contributed by atoms with Gasteiger partial charge in [0.1, 0.15) is 0 Å². The first kappa shape index (κ1) is 11.0. The summed E-state index contributed by atoms with van der Waals surface area (Å²) < 4.78 is 0. The monoisotopic (exact) mass is 199 g/mol. The summed E-state index contributed by atoms with van der Waals surface area (Å²) in [5.41, 5.74) is 2.14. The van der Waals surface area contributed by atoms with Crippen LogP contribution in [0, 0.1) is 5.92 Å². The maximum atomic E-state index is 11.4. The molecular weight excluding hydrogens is 182 g/mol. The van der Waals surface area contributed by atoms with Crippen LogP contribution in [0.5, 0.6) is 0 Å². The van der Waals surface area contributed by atoms with Crippen molar-refractivity contribution in [2.24, 2.45) is 11.8 Å². The second kappa shape index (κ2) is 4.95. The summed E-state index contributed by atoms with van der Waals surface area (Å²) in [4.78, 5) is 24.4. The standard InChI is InChI=1S/C9H17N3O2/c1-2-8(13)12-5-3-4-7(6-12)9(14)11-10/h7H,2-6,10H2,1H3,(H,11,14). The Morgan fingerprint density at radius 3 is 2.86 bits per heavy atom. The van der Waals surface area contributed by atoms with Crippen LogP contribution in [0.2, 0.25) is 0 Å². The van der Waals surface area contributed by atoms with Crippen molar-refractivity contribution in [3.63, 3.8) is 0 Å². The minimum Gasteiger partial charge on any atom is -0.342 e. The molecule has 3 N–H and O–H groups in total. The van der Waals surface area contributed by atoms with Gasteiger partial charge in [0.25, 0.3) is 0 Å². The first-order valence-corrected chi connectivity index (χ1v) is 4.97. The molecule has 0 saturated carbocycles. The quantitative estimate of drug-likeness (QED) is 0.362. The molecule has 1 unspecified atom stereocenters. The number of hydrazine groups is 1. The van der Waals surface area contributed by atoms with E-state index >= 15 is 0 Å². The van der Waals surface area contributed by atoms with Crippen LogP contribution in [0.4, 0.5) is 0 Å². The molecule has 1 aliphatic rings. The van der Waals surface area contributed by atoms with Gasteiger partial charge in [-0.15, -0.1) is 0 Å². The molecule has 1 rings (SSSR count). The van der Waals surface area contributed by atoms with E-state index in [0.717, 1.165) is 19.4 Å². The zero-order valence-corrected chi connectivity index (χ0v) is 8.45. The Morgan fingerprint density at radius 2 is 2.29 bits per heavy atom. The zero-order valence-electron chi connectivity index (χ0n) is 8.45. The number of nitrogens with two attached hydrogens (primary N) is 1. The van der Waals surface area contributed by atoms with E-state index in [1.165, 1.54) is 0 Å². The van der Waals surface area contributed by atoms with E-state index in [1.54, 1.807) is 4.90 Å². The fourth-order valence-electron chi connectivity index (χ4n) is 1.76. The topological polar surface area (TPSA) is 75.4 Å². The smallest absolute Gasteiger partial charge is 0.238 e. The molecule has 80 valence electrons. The molecule has 1 fully saturated rings. The summed E-state index contributed by atoms with van der Waals surface area (Å²) in [5.74, 6) is 4.86. The highest BCUT2D eigenvalue weighted by Crippen LogP contribution is 2.16. The van der Waals surface area contributed by atoms with Gasteiger partial charge >= 0.3 is 0 Å². The average Bonchev–Trinajstić information content (AvgIpc) is 2.27. The summed E-state index contributed by atoms with van der Waals surface area (Å²) in [5, 5.41) is 0. The van der Waals surface area contributed by atoms with Crippen molar-refractivity contribution < 1.29 is 9.59 Å². The zero-order chi connectivity index (χ0) is 10.6. The number of rotatable bonds is 2. The van der Waals surface area contributed by atoms with Gasteiger partial charge in [0.15, 0.2) is 0 Å². The number of carbonyl (C=O) groups excluding carboxylic acids is 2. The second-order valence-electron chi connectivity index (χ2n) is 3.54. The van der Waals surface area contributed by atoms with Gasteiger partial charge in [-0.25, -0.2) is 5.84 Å². The number of nitrogens with zero attached hydrogens (tertiary/aromatic N) is 1. The first-order valence-electron chi connectivity index (χ1n) is 4.97. The molecule has 5 heteroatoms. The molecule has 0 radical (unpaired) electrons. The maximum Gasteiger partial charge on any atom is 0.238 e. The summed E-state index contributed by atoms with van der Waals surface area (Å²) in [6.45, 7) is 3.10. The van der Waals surface area contributed by atoms with Gasteiger partial charge in [0.05, 0.1) is 5.92 Å². The molecule has 5 nitrogen and oxygen atoms in total. The normalized spacial score (nSPS) is 21.9. The fraction of sp³-hybridized carbons (Fsp3) is 0.778. The molecule has 2 amide bonds. The number of hydrogen-bond acceptors (Lipinski definition) is 3. The number of likely N-dealkylation sites (tertiary alicyclic amines) is 1. The Morgan fingerprint density at radius 1 is 1.57 bits per heavy atom. The molecule has 0 aliphatic carbocycles. The molecule has 1 saturated heterocycles. The van der Waals surface area contributed by atoms with Gasteiger partial charge in [-0.3, -0.25) is 15.0 Å². The lowest BCUT2D eigenvalue weighted by Crippen LogP contribution is -2.46. The van der Waals surface area contributed by atoms with Crippen LogP contribution in [0.25, 0.3) is 0 Å². The largest absolute Gasteiger partial charge is 0.342 e. The van der Waals surface area contributed by atoms with E-state index in [9.17, 15) is 9.59 Å². The number of hydrogen-bond donors (Lipinski definition) is 2. The van der Waals surface area contributed by atoms with Gasteiger partial charge in [0, 0.05) is 19.5 Å². The molecule has 0 aromatic carbocycles. The van der Waals surface area contributed by atoms with Crippen molar-refractivity contribution in [2.45, 2.75) is 26.2 Å². The maximum absolute atomic E-state index is 11.4. The van der Waals surface area contributed by atoms with Gasteiger partial charge in [-0.05, 0) is 12.8 Å². The van der Waals surface area contributed by atoms with E-state index in [4.69, 9.17) is 5.84 Å². The van der Waals surface area contributed by atoms with Crippen LogP contribution in [0.1, 0.15) is 26.2 Å². The van der Waals surface area contributed by atoms with E-state index in [-0.39, 0.29) is 17.7 Å². The average molecular weight is 199 g/mol. The molecule has 1 atom stereocenters. The Hall–Kier alpha value is -1.10. The van der Waals surface area contributed by atoms with Crippen molar-refractivity contribution in [1.82, 2.24) is 10.3 Å². The van der Waals surface area contributed by atoms with E-state index in [0.29, 0.717) is 13.0 Å².